The van der Waals surface area contributed by atoms with E-state index in [9.17, 15) is 8.42 Å². The third-order valence-electron chi connectivity index (χ3n) is 2.63. The quantitative estimate of drug-likeness (QED) is 0.828. The molecule has 5 nitrogen and oxygen atoms in total. The zero-order valence-electron chi connectivity index (χ0n) is 12.1. The Morgan fingerprint density at radius 1 is 1.32 bits per heavy atom. The van der Waals surface area contributed by atoms with Crippen LogP contribution in [0.4, 0.5) is 5.69 Å². The van der Waals surface area contributed by atoms with Crippen LogP contribution in [0.1, 0.15) is 26.3 Å². The molecule has 1 aromatic carbocycles. The van der Waals surface area contributed by atoms with Gasteiger partial charge < -0.3 is 10.5 Å². The summed E-state index contributed by atoms with van der Waals surface area (Å²) in [6.07, 6.45) is 0. The molecule has 1 aromatic rings. The molecule has 1 rings (SSSR count). The normalized spacial score (nSPS) is 12.5. The van der Waals surface area contributed by atoms with Gasteiger partial charge >= 0.3 is 0 Å². The third-order valence-corrected chi connectivity index (χ3v) is 4.06. The molecule has 6 heteroatoms. The molecule has 0 aromatic heterocycles. The van der Waals surface area contributed by atoms with Gasteiger partial charge in [-0.25, -0.2) is 13.1 Å². The number of rotatable bonds is 4. The van der Waals surface area contributed by atoms with Crippen molar-refractivity contribution in [2.45, 2.75) is 32.6 Å². The zero-order chi connectivity index (χ0) is 14.8. The first-order valence-electron chi connectivity index (χ1n) is 6.00. The fourth-order valence-electron chi connectivity index (χ4n) is 1.44. The van der Waals surface area contributed by atoms with Gasteiger partial charge in [0.15, 0.2) is 0 Å². The van der Waals surface area contributed by atoms with Crippen molar-refractivity contribution in [1.82, 2.24) is 4.72 Å². The predicted molar refractivity (Wildman–Crippen MR) is 76.8 cm³/mol. The molecule has 0 bridgehead atoms. The number of aryl methyl sites for hydroxylation is 1. The van der Waals surface area contributed by atoms with Gasteiger partial charge in [0.25, 0.3) is 0 Å². The molecule has 0 saturated heterocycles. The standard InChI is InChI=1S/C13H22N2O3S/c1-9-6-11(18-5)12(7-10(9)14)19(16,17)15-8-13(2,3)4/h6-7,15H,8,14H2,1-5H3. The Morgan fingerprint density at radius 2 is 1.89 bits per heavy atom. The first kappa shape index (κ1) is 15.8. The number of hydrogen-bond donors (Lipinski definition) is 2. The Labute approximate surface area is 115 Å². The van der Waals surface area contributed by atoms with Crippen LogP contribution in [-0.2, 0) is 10.0 Å². The first-order valence-corrected chi connectivity index (χ1v) is 7.49. The maximum Gasteiger partial charge on any atom is 0.244 e. The second-order valence-corrected chi connectivity index (χ2v) is 7.48. The molecule has 0 aliphatic heterocycles. The summed E-state index contributed by atoms with van der Waals surface area (Å²) in [6, 6.07) is 3.06. The molecule has 0 amide bonds. The Balaban J connectivity index is 3.17. The van der Waals surface area contributed by atoms with Crippen molar-refractivity contribution in [3.8, 4) is 5.75 Å². The van der Waals surface area contributed by atoms with Crippen LogP contribution < -0.4 is 15.2 Å². The maximum absolute atomic E-state index is 12.3. The molecule has 0 aliphatic carbocycles. The van der Waals surface area contributed by atoms with Gasteiger partial charge in [-0.15, -0.1) is 0 Å². The summed E-state index contributed by atoms with van der Waals surface area (Å²) in [4.78, 5) is 0.0716. The van der Waals surface area contributed by atoms with E-state index in [0.29, 0.717) is 18.0 Å². The summed E-state index contributed by atoms with van der Waals surface area (Å²) in [5.74, 6) is 0.299. The minimum atomic E-state index is -3.63. The average molecular weight is 286 g/mol. The molecule has 19 heavy (non-hydrogen) atoms. The van der Waals surface area contributed by atoms with E-state index in [-0.39, 0.29) is 10.3 Å². The minimum Gasteiger partial charge on any atom is -0.495 e. The second kappa shape index (κ2) is 5.38. The molecular formula is C13H22N2O3S. The number of anilines is 1. The number of hydrogen-bond acceptors (Lipinski definition) is 4. The van der Waals surface area contributed by atoms with E-state index in [1.807, 2.05) is 20.8 Å². The van der Waals surface area contributed by atoms with Gasteiger partial charge in [-0.1, -0.05) is 20.8 Å². The van der Waals surface area contributed by atoms with Gasteiger partial charge in [0.1, 0.15) is 10.6 Å². The fraction of sp³-hybridized carbons (Fsp3) is 0.538. The van der Waals surface area contributed by atoms with E-state index in [2.05, 4.69) is 4.72 Å². The van der Waals surface area contributed by atoms with E-state index in [1.165, 1.54) is 13.2 Å². The van der Waals surface area contributed by atoms with Crippen LogP contribution in [-0.4, -0.2) is 22.1 Å². The zero-order valence-corrected chi connectivity index (χ0v) is 12.9. The topological polar surface area (TPSA) is 81.4 Å². The van der Waals surface area contributed by atoms with E-state index >= 15 is 0 Å². The van der Waals surface area contributed by atoms with E-state index in [1.54, 1.807) is 13.0 Å². The summed E-state index contributed by atoms with van der Waals surface area (Å²) in [7, 11) is -2.19. The van der Waals surface area contributed by atoms with Crippen LogP contribution in [0.25, 0.3) is 0 Å². The summed E-state index contributed by atoms with van der Waals surface area (Å²) in [5.41, 5.74) is 6.84. The number of nitrogen functional groups attached to an aromatic ring is 1. The smallest absolute Gasteiger partial charge is 0.244 e. The lowest BCUT2D eigenvalue weighted by atomic mass is 9.98. The molecule has 108 valence electrons. The molecule has 0 fully saturated rings. The molecule has 0 saturated carbocycles. The number of nitrogens with two attached hydrogens (primary N) is 1. The van der Waals surface area contributed by atoms with Gasteiger partial charge in [-0.3, -0.25) is 0 Å². The molecule has 3 N–H and O–H groups in total. The molecular weight excluding hydrogens is 264 g/mol. The Morgan fingerprint density at radius 3 is 2.37 bits per heavy atom. The number of sulfonamides is 1. The SMILES string of the molecule is COc1cc(C)c(N)cc1S(=O)(=O)NCC(C)(C)C. The van der Waals surface area contributed by atoms with Crippen molar-refractivity contribution in [1.29, 1.82) is 0 Å². The summed E-state index contributed by atoms with van der Waals surface area (Å²) < 4.78 is 32.2. The molecule has 0 spiro atoms. The van der Waals surface area contributed by atoms with Crippen molar-refractivity contribution in [3.63, 3.8) is 0 Å². The van der Waals surface area contributed by atoms with Gasteiger partial charge in [-0.2, -0.15) is 0 Å². The highest BCUT2D eigenvalue weighted by Crippen LogP contribution is 2.29. The van der Waals surface area contributed by atoms with Gasteiger partial charge in [0.2, 0.25) is 10.0 Å². The molecule has 0 aliphatic rings. The van der Waals surface area contributed by atoms with Gasteiger partial charge in [0, 0.05) is 12.2 Å². The number of nitrogens with one attached hydrogen (secondary N) is 1. The lowest BCUT2D eigenvalue weighted by Crippen LogP contribution is -2.32. The highest BCUT2D eigenvalue weighted by molar-refractivity contribution is 7.89. The summed E-state index contributed by atoms with van der Waals surface area (Å²) in [5, 5.41) is 0. The van der Waals surface area contributed by atoms with Crippen molar-refractivity contribution in [2.24, 2.45) is 5.41 Å². The van der Waals surface area contributed by atoms with Crippen LogP contribution in [0.2, 0.25) is 0 Å². The third kappa shape index (κ3) is 4.11. The molecule has 0 radical (unpaired) electrons. The van der Waals surface area contributed by atoms with Crippen LogP contribution in [0.15, 0.2) is 17.0 Å². The summed E-state index contributed by atoms with van der Waals surface area (Å²) in [6.45, 7) is 8.01. The van der Waals surface area contributed by atoms with Crippen LogP contribution in [0, 0.1) is 12.3 Å². The largest absolute Gasteiger partial charge is 0.495 e. The lowest BCUT2D eigenvalue weighted by molar-refractivity contribution is 0.396. The van der Waals surface area contributed by atoms with Crippen molar-refractivity contribution in [3.05, 3.63) is 17.7 Å². The van der Waals surface area contributed by atoms with Crippen LogP contribution >= 0.6 is 0 Å². The monoisotopic (exact) mass is 286 g/mol. The van der Waals surface area contributed by atoms with E-state index in [0.717, 1.165) is 5.56 Å². The number of methoxy groups -OCH3 is 1. The minimum absolute atomic E-state index is 0.0716. The average Bonchev–Trinajstić information content (AvgIpc) is 2.28. The van der Waals surface area contributed by atoms with Crippen molar-refractivity contribution < 1.29 is 13.2 Å². The number of ether oxygens (including phenoxy) is 1. The van der Waals surface area contributed by atoms with E-state index in [4.69, 9.17) is 10.5 Å². The molecule has 0 unspecified atom stereocenters. The Bertz CT molecular complexity index is 560. The second-order valence-electron chi connectivity index (χ2n) is 5.74. The van der Waals surface area contributed by atoms with E-state index < -0.39 is 10.0 Å². The maximum atomic E-state index is 12.3. The fourth-order valence-corrected chi connectivity index (χ4v) is 2.90. The molecule has 0 heterocycles. The lowest BCUT2D eigenvalue weighted by Gasteiger charge is -2.20. The highest BCUT2D eigenvalue weighted by atomic mass is 32.2. The predicted octanol–water partition coefficient (Wildman–Crippen LogP) is 1.91. The summed E-state index contributed by atoms with van der Waals surface area (Å²) >= 11 is 0. The highest BCUT2D eigenvalue weighted by Gasteiger charge is 2.23. The molecule has 0 atom stereocenters. The van der Waals surface area contributed by atoms with Crippen molar-refractivity contribution in [2.75, 3.05) is 19.4 Å². The van der Waals surface area contributed by atoms with Gasteiger partial charge in [0.05, 0.1) is 7.11 Å². The Hall–Kier alpha value is -1.27. The van der Waals surface area contributed by atoms with Crippen molar-refractivity contribution >= 4 is 15.7 Å². The first-order chi connectivity index (χ1) is 8.57. The van der Waals surface area contributed by atoms with Crippen LogP contribution in [0.5, 0.6) is 5.75 Å². The Kier molecular flexibility index (Phi) is 4.47. The van der Waals surface area contributed by atoms with Gasteiger partial charge in [-0.05, 0) is 30.0 Å². The van der Waals surface area contributed by atoms with Crippen LogP contribution in [0.3, 0.4) is 0 Å². The number of benzene rings is 1.